The molecule has 0 unspecified atom stereocenters. The molecule has 2 aliphatic heterocycles. The second kappa shape index (κ2) is 9.05. The summed E-state index contributed by atoms with van der Waals surface area (Å²) in [7, 11) is 0. The third-order valence-electron chi connectivity index (χ3n) is 6.86. The molecule has 1 aliphatic carbocycles. The highest BCUT2D eigenvalue weighted by Crippen LogP contribution is 2.32. The van der Waals surface area contributed by atoms with Crippen LogP contribution in [0.2, 0.25) is 0 Å². The Morgan fingerprint density at radius 3 is 2.85 bits per heavy atom. The van der Waals surface area contributed by atoms with E-state index in [9.17, 15) is 4.79 Å². The molecule has 6 rings (SSSR count). The highest BCUT2D eigenvalue weighted by Gasteiger charge is 2.23. The molecule has 11 nitrogen and oxygen atoms in total. The third kappa shape index (κ3) is 4.35. The lowest BCUT2D eigenvalue weighted by molar-refractivity contribution is 0.174. The fourth-order valence-corrected chi connectivity index (χ4v) is 4.97. The van der Waals surface area contributed by atoms with Gasteiger partial charge in [0, 0.05) is 24.7 Å². The SMILES string of the molecule is O=c1[nH]c(NC2CCN(Cc3nnnn3Cc3ccc4c(c3)OCO4)CC2)nc2c1CCCC2. The molecule has 1 aromatic carbocycles. The molecule has 0 atom stereocenters. The maximum atomic E-state index is 12.4. The van der Waals surface area contributed by atoms with Crippen molar-refractivity contribution in [2.24, 2.45) is 0 Å². The van der Waals surface area contributed by atoms with Crippen LogP contribution in [0.1, 0.15) is 48.3 Å². The monoisotopic (exact) mass is 464 g/mol. The Morgan fingerprint density at radius 1 is 1.09 bits per heavy atom. The first-order valence-electron chi connectivity index (χ1n) is 12.0. The molecule has 11 heteroatoms. The van der Waals surface area contributed by atoms with Gasteiger partial charge in [-0.25, -0.2) is 9.67 Å². The van der Waals surface area contributed by atoms with E-state index < -0.39 is 0 Å². The van der Waals surface area contributed by atoms with Gasteiger partial charge in [0.05, 0.1) is 18.8 Å². The summed E-state index contributed by atoms with van der Waals surface area (Å²) in [6.45, 7) is 3.37. The quantitative estimate of drug-likeness (QED) is 0.558. The Labute approximate surface area is 196 Å². The van der Waals surface area contributed by atoms with E-state index in [2.05, 4.69) is 30.7 Å². The van der Waals surface area contributed by atoms with E-state index in [1.54, 1.807) is 0 Å². The predicted molar refractivity (Wildman–Crippen MR) is 123 cm³/mol. The summed E-state index contributed by atoms with van der Waals surface area (Å²) < 4.78 is 12.7. The van der Waals surface area contributed by atoms with Crippen LogP contribution in [0.25, 0.3) is 0 Å². The molecule has 3 aromatic rings. The fraction of sp³-hybridized carbons (Fsp3) is 0.522. The van der Waals surface area contributed by atoms with Crippen LogP contribution in [-0.2, 0) is 25.9 Å². The third-order valence-corrected chi connectivity index (χ3v) is 6.86. The van der Waals surface area contributed by atoms with Gasteiger partial charge in [-0.05, 0) is 66.6 Å². The molecule has 2 aromatic heterocycles. The Kier molecular flexibility index (Phi) is 5.61. The molecule has 0 bridgehead atoms. The molecule has 0 saturated carbocycles. The van der Waals surface area contributed by atoms with Crippen LogP contribution in [0.15, 0.2) is 23.0 Å². The number of benzene rings is 1. The minimum Gasteiger partial charge on any atom is -0.454 e. The number of likely N-dealkylation sites (tertiary alicyclic amines) is 1. The molecule has 4 heterocycles. The zero-order valence-electron chi connectivity index (χ0n) is 19.0. The first kappa shape index (κ1) is 21.1. The Bertz CT molecular complexity index is 1230. The Balaban J connectivity index is 1.05. The number of nitrogens with one attached hydrogen (secondary N) is 2. The van der Waals surface area contributed by atoms with Crippen LogP contribution < -0.4 is 20.3 Å². The van der Waals surface area contributed by atoms with Crippen molar-refractivity contribution >= 4 is 5.95 Å². The number of aromatic nitrogens is 6. The summed E-state index contributed by atoms with van der Waals surface area (Å²) >= 11 is 0. The lowest BCUT2D eigenvalue weighted by atomic mass is 9.97. The van der Waals surface area contributed by atoms with Crippen LogP contribution in [-0.4, -0.2) is 61.0 Å². The van der Waals surface area contributed by atoms with Crippen LogP contribution in [0, 0.1) is 0 Å². The van der Waals surface area contributed by atoms with Crippen LogP contribution in [0.3, 0.4) is 0 Å². The second-order valence-electron chi connectivity index (χ2n) is 9.18. The molecule has 34 heavy (non-hydrogen) atoms. The van der Waals surface area contributed by atoms with Crippen LogP contribution in [0.4, 0.5) is 5.95 Å². The zero-order chi connectivity index (χ0) is 22.9. The first-order valence-corrected chi connectivity index (χ1v) is 12.0. The van der Waals surface area contributed by atoms with Crippen molar-refractivity contribution in [2.75, 3.05) is 25.2 Å². The summed E-state index contributed by atoms with van der Waals surface area (Å²) in [5, 5.41) is 15.8. The summed E-state index contributed by atoms with van der Waals surface area (Å²) in [5.41, 5.74) is 2.90. The number of hydrogen-bond acceptors (Lipinski definition) is 9. The molecule has 0 amide bonds. The van der Waals surface area contributed by atoms with E-state index in [4.69, 9.17) is 14.5 Å². The molecule has 0 radical (unpaired) electrons. The first-order chi connectivity index (χ1) is 16.7. The van der Waals surface area contributed by atoms with E-state index in [1.807, 2.05) is 22.9 Å². The highest BCUT2D eigenvalue weighted by atomic mass is 16.7. The highest BCUT2D eigenvalue weighted by molar-refractivity contribution is 5.44. The number of aromatic amines is 1. The Morgan fingerprint density at radius 2 is 1.94 bits per heavy atom. The van der Waals surface area contributed by atoms with Crippen molar-refractivity contribution in [3.8, 4) is 11.5 Å². The van der Waals surface area contributed by atoms with Gasteiger partial charge in [0.25, 0.3) is 5.56 Å². The fourth-order valence-electron chi connectivity index (χ4n) is 4.97. The minimum absolute atomic E-state index is 0.0129. The van der Waals surface area contributed by atoms with Crippen molar-refractivity contribution in [1.29, 1.82) is 0 Å². The van der Waals surface area contributed by atoms with Gasteiger partial charge in [-0.15, -0.1) is 5.10 Å². The predicted octanol–water partition coefficient (Wildman–Crippen LogP) is 1.49. The van der Waals surface area contributed by atoms with Crippen molar-refractivity contribution in [3.63, 3.8) is 0 Å². The number of hydrogen-bond donors (Lipinski definition) is 2. The number of ether oxygens (including phenoxy) is 2. The van der Waals surface area contributed by atoms with Crippen LogP contribution >= 0.6 is 0 Å². The zero-order valence-corrected chi connectivity index (χ0v) is 19.0. The normalized spacial score (nSPS) is 18.1. The number of tetrazole rings is 1. The number of rotatable bonds is 6. The van der Waals surface area contributed by atoms with Gasteiger partial charge in [-0.1, -0.05) is 6.07 Å². The molecule has 178 valence electrons. The van der Waals surface area contributed by atoms with Crippen molar-refractivity contribution < 1.29 is 9.47 Å². The van der Waals surface area contributed by atoms with Crippen molar-refractivity contribution in [3.05, 3.63) is 51.2 Å². The smallest absolute Gasteiger partial charge is 0.255 e. The topological polar surface area (TPSA) is 123 Å². The van der Waals surface area contributed by atoms with Crippen LogP contribution in [0.5, 0.6) is 11.5 Å². The lowest BCUT2D eigenvalue weighted by Gasteiger charge is -2.32. The van der Waals surface area contributed by atoms with Crippen molar-refractivity contribution in [2.45, 2.75) is 57.7 Å². The maximum absolute atomic E-state index is 12.4. The summed E-state index contributed by atoms with van der Waals surface area (Å²) in [5.74, 6) is 2.98. The second-order valence-corrected chi connectivity index (χ2v) is 9.18. The van der Waals surface area contributed by atoms with Gasteiger partial charge in [-0.3, -0.25) is 14.7 Å². The van der Waals surface area contributed by atoms with E-state index in [-0.39, 0.29) is 18.4 Å². The van der Waals surface area contributed by atoms with E-state index in [0.29, 0.717) is 19.0 Å². The molecule has 1 saturated heterocycles. The molecule has 2 N–H and O–H groups in total. The molecule has 1 fully saturated rings. The number of anilines is 1. The number of H-pyrrole nitrogens is 1. The molecular weight excluding hydrogens is 436 g/mol. The van der Waals surface area contributed by atoms with E-state index in [1.165, 1.54) is 0 Å². The summed E-state index contributed by atoms with van der Waals surface area (Å²) in [4.78, 5) is 22.4. The number of aryl methyl sites for hydroxylation is 1. The van der Waals surface area contributed by atoms with Gasteiger partial charge in [-0.2, -0.15) is 0 Å². The number of fused-ring (bicyclic) bond motifs is 2. The number of piperidine rings is 1. The molecular formula is C23H28N8O3. The van der Waals surface area contributed by atoms with Gasteiger partial charge < -0.3 is 14.8 Å². The maximum Gasteiger partial charge on any atom is 0.255 e. The molecule has 0 spiro atoms. The van der Waals surface area contributed by atoms with E-state index in [0.717, 1.165) is 85.8 Å². The standard InChI is InChI=1S/C23H28N8O3/c32-22-17-3-1-2-4-18(17)25-23(26-22)24-16-7-9-30(10-8-16)13-21-27-28-29-31(21)12-15-5-6-19-20(11-15)34-14-33-19/h5-6,11,16H,1-4,7-10,12-14H2,(H2,24,25,26,32). The average Bonchev–Trinajstić information content (AvgIpc) is 3.49. The average molecular weight is 465 g/mol. The summed E-state index contributed by atoms with van der Waals surface area (Å²) in [6.07, 6.45) is 5.84. The molecule has 3 aliphatic rings. The largest absolute Gasteiger partial charge is 0.454 e. The van der Waals surface area contributed by atoms with Crippen molar-refractivity contribution in [1.82, 2.24) is 35.1 Å². The number of nitrogens with zero attached hydrogens (tertiary/aromatic N) is 6. The van der Waals surface area contributed by atoms with Gasteiger partial charge in [0.1, 0.15) is 0 Å². The van der Waals surface area contributed by atoms with E-state index >= 15 is 0 Å². The minimum atomic E-state index is 0.0129. The van der Waals surface area contributed by atoms with Gasteiger partial charge >= 0.3 is 0 Å². The Hall–Kier alpha value is -3.47. The summed E-state index contributed by atoms with van der Waals surface area (Å²) in [6, 6.07) is 6.19. The lowest BCUT2D eigenvalue weighted by Crippen LogP contribution is -2.40. The van der Waals surface area contributed by atoms with Gasteiger partial charge in [0.15, 0.2) is 17.3 Å². The van der Waals surface area contributed by atoms with Gasteiger partial charge in [0.2, 0.25) is 12.7 Å².